The number of hydrogen-bond donors (Lipinski definition) is 0. The number of fused-ring (bicyclic) bond motifs is 4. The lowest BCUT2D eigenvalue weighted by molar-refractivity contribution is 1.18. The third kappa shape index (κ3) is 4.96. The van der Waals surface area contributed by atoms with Gasteiger partial charge in [-0.25, -0.2) is 15.0 Å². The van der Waals surface area contributed by atoms with Gasteiger partial charge in [-0.1, -0.05) is 146 Å². The van der Waals surface area contributed by atoms with Crippen molar-refractivity contribution < 1.29 is 0 Å². The Kier molecular flexibility index (Phi) is 6.65. The molecule has 0 radical (unpaired) electrons. The number of rotatable bonds is 5. The van der Waals surface area contributed by atoms with Crippen molar-refractivity contribution in [1.29, 1.82) is 0 Å². The minimum absolute atomic E-state index is 0.712. The molecule has 47 heavy (non-hydrogen) atoms. The summed E-state index contributed by atoms with van der Waals surface area (Å²) in [7, 11) is 0. The molecule has 3 nitrogen and oxygen atoms in total. The maximum Gasteiger partial charge on any atom is 0.160 e. The molecule has 0 aliphatic rings. The normalized spacial score (nSPS) is 11.4. The van der Waals surface area contributed by atoms with Crippen molar-refractivity contribution in [3.8, 4) is 56.2 Å². The zero-order chi connectivity index (χ0) is 31.2. The predicted octanol–water partition coefficient (Wildman–Crippen LogP) is 11.7. The molecule has 0 aliphatic heterocycles. The van der Waals surface area contributed by atoms with E-state index in [-0.39, 0.29) is 0 Å². The van der Waals surface area contributed by atoms with Crippen LogP contribution in [0.5, 0.6) is 0 Å². The predicted molar refractivity (Wildman–Crippen MR) is 197 cm³/mol. The van der Waals surface area contributed by atoms with Crippen LogP contribution >= 0.6 is 11.3 Å². The van der Waals surface area contributed by atoms with Crippen molar-refractivity contribution in [3.63, 3.8) is 0 Å². The van der Waals surface area contributed by atoms with Crippen LogP contribution in [-0.4, -0.2) is 15.0 Å². The molecule has 9 aromatic rings. The van der Waals surface area contributed by atoms with Crippen LogP contribution in [0.2, 0.25) is 0 Å². The summed E-state index contributed by atoms with van der Waals surface area (Å²) < 4.78 is 2.49. The highest BCUT2D eigenvalue weighted by molar-refractivity contribution is 7.26. The van der Waals surface area contributed by atoms with Gasteiger partial charge in [0.05, 0.1) is 27.1 Å². The first-order chi connectivity index (χ1) is 23.3. The summed E-state index contributed by atoms with van der Waals surface area (Å²) >= 11 is 1.82. The summed E-state index contributed by atoms with van der Waals surface area (Å²) in [5.74, 6) is 0.712. The molecule has 0 unspecified atom stereocenters. The molecule has 220 valence electrons. The smallest absolute Gasteiger partial charge is 0.160 e. The second-order valence-corrected chi connectivity index (χ2v) is 12.7. The van der Waals surface area contributed by atoms with Gasteiger partial charge >= 0.3 is 0 Å². The van der Waals surface area contributed by atoms with Crippen molar-refractivity contribution >= 4 is 42.5 Å². The molecular formula is C43H27N3S. The largest absolute Gasteiger partial charge is 0.246 e. The van der Waals surface area contributed by atoms with Gasteiger partial charge in [-0.05, 0) is 34.9 Å². The van der Waals surface area contributed by atoms with Gasteiger partial charge in [0, 0.05) is 37.7 Å². The van der Waals surface area contributed by atoms with E-state index in [1.165, 1.54) is 31.3 Å². The van der Waals surface area contributed by atoms with Crippen LogP contribution < -0.4 is 0 Å². The molecule has 6 aromatic carbocycles. The Morgan fingerprint density at radius 2 is 0.894 bits per heavy atom. The van der Waals surface area contributed by atoms with Gasteiger partial charge in [-0.15, -0.1) is 11.3 Å². The molecule has 9 rings (SSSR count). The minimum atomic E-state index is 0.712. The van der Waals surface area contributed by atoms with Crippen molar-refractivity contribution in [2.75, 3.05) is 0 Å². The highest BCUT2D eigenvalue weighted by Crippen LogP contribution is 2.43. The second-order valence-electron chi connectivity index (χ2n) is 11.6. The van der Waals surface area contributed by atoms with Crippen molar-refractivity contribution in [3.05, 3.63) is 164 Å². The summed E-state index contributed by atoms with van der Waals surface area (Å²) in [6.07, 6.45) is 0. The number of aromatic nitrogens is 3. The van der Waals surface area contributed by atoms with Crippen LogP contribution in [0, 0.1) is 0 Å². The molecule has 0 aliphatic carbocycles. The van der Waals surface area contributed by atoms with Gasteiger partial charge < -0.3 is 0 Å². The monoisotopic (exact) mass is 617 g/mol. The standard InChI is InChI=1S/C43H27N3S/c1-3-11-30(12-4-1)37-27-38(31-13-5-2-6-14-31)46-43(45-37)33-25-21-29(22-26-33)28-19-23-32(24-20-28)40-34-15-7-9-17-36(34)44-41-35-16-8-10-18-39(35)47-42(40)41/h1-27H. The zero-order valence-corrected chi connectivity index (χ0v) is 26.2. The Morgan fingerprint density at radius 3 is 1.53 bits per heavy atom. The van der Waals surface area contributed by atoms with Crippen LogP contribution in [0.4, 0.5) is 0 Å². The molecule has 0 bridgehead atoms. The lowest BCUT2D eigenvalue weighted by Gasteiger charge is -2.11. The summed E-state index contributed by atoms with van der Waals surface area (Å²) in [6.45, 7) is 0. The summed E-state index contributed by atoms with van der Waals surface area (Å²) in [5, 5.41) is 2.39. The molecule has 0 spiro atoms. The molecular weight excluding hydrogens is 591 g/mol. The lowest BCUT2D eigenvalue weighted by Crippen LogP contribution is -1.95. The van der Waals surface area contributed by atoms with Gasteiger partial charge in [-0.3, -0.25) is 0 Å². The molecule has 0 amide bonds. The Labute approximate surface area is 276 Å². The first-order valence-corrected chi connectivity index (χ1v) is 16.5. The van der Waals surface area contributed by atoms with Crippen LogP contribution in [0.25, 0.3) is 87.4 Å². The maximum absolute atomic E-state index is 5.10. The maximum atomic E-state index is 5.10. The Morgan fingerprint density at radius 1 is 0.383 bits per heavy atom. The van der Waals surface area contributed by atoms with Crippen molar-refractivity contribution in [1.82, 2.24) is 15.0 Å². The van der Waals surface area contributed by atoms with E-state index >= 15 is 0 Å². The molecule has 0 atom stereocenters. The number of para-hydroxylation sites is 1. The fourth-order valence-electron chi connectivity index (χ4n) is 6.36. The second kappa shape index (κ2) is 11.4. The average Bonchev–Trinajstić information content (AvgIpc) is 3.52. The Balaban J connectivity index is 1.09. The van der Waals surface area contributed by atoms with E-state index in [0.29, 0.717) is 5.82 Å². The minimum Gasteiger partial charge on any atom is -0.246 e. The van der Waals surface area contributed by atoms with E-state index in [4.69, 9.17) is 15.0 Å². The van der Waals surface area contributed by atoms with Gasteiger partial charge in [0.15, 0.2) is 5.82 Å². The van der Waals surface area contributed by atoms with Gasteiger partial charge in [0.1, 0.15) is 0 Å². The first kappa shape index (κ1) is 27.3. The van der Waals surface area contributed by atoms with Gasteiger partial charge in [0.2, 0.25) is 0 Å². The number of benzene rings is 6. The molecule has 4 heteroatoms. The highest BCUT2D eigenvalue weighted by Gasteiger charge is 2.16. The zero-order valence-electron chi connectivity index (χ0n) is 25.3. The van der Waals surface area contributed by atoms with Gasteiger partial charge in [-0.2, -0.15) is 0 Å². The Hall–Kier alpha value is -5.97. The van der Waals surface area contributed by atoms with Gasteiger partial charge in [0.25, 0.3) is 0 Å². The van der Waals surface area contributed by atoms with Crippen molar-refractivity contribution in [2.24, 2.45) is 0 Å². The third-order valence-electron chi connectivity index (χ3n) is 8.72. The lowest BCUT2D eigenvalue weighted by atomic mass is 9.97. The molecule has 3 heterocycles. The molecule has 0 N–H and O–H groups in total. The Bertz CT molecular complexity index is 2480. The number of pyridine rings is 1. The van der Waals surface area contributed by atoms with E-state index < -0.39 is 0 Å². The van der Waals surface area contributed by atoms with E-state index in [1.54, 1.807) is 0 Å². The average molecular weight is 618 g/mol. The SMILES string of the molecule is c1ccc(-c2cc(-c3ccccc3)nc(-c3ccc(-c4ccc(-c5c6ccccc6nc6c5sc5ccccc56)cc4)cc3)n2)cc1. The first-order valence-electron chi connectivity index (χ1n) is 15.7. The van der Waals surface area contributed by atoms with E-state index in [0.717, 1.165) is 50.2 Å². The fourth-order valence-corrected chi connectivity index (χ4v) is 7.58. The van der Waals surface area contributed by atoms with Crippen LogP contribution in [0.3, 0.4) is 0 Å². The topological polar surface area (TPSA) is 38.7 Å². The number of thiophene rings is 1. The van der Waals surface area contributed by atoms with Crippen LogP contribution in [-0.2, 0) is 0 Å². The summed E-state index contributed by atoms with van der Waals surface area (Å²) in [6, 6.07) is 57.2. The van der Waals surface area contributed by atoms with E-state index in [1.807, 2.05) is 47.7 Å². The van der Waals surface area contributed by atoms with E-state index in [2.05, 4.69) is 127 Å². The van der Waals surface area contributed by atoms with Crippen LogP contribution in [0.1, 0.15) is 0 Å². The molecule has 0 saturated carbocycles. The van der Waals surface area contributed by atoms with E-state index in [9.17, 15) is 0 Å². The molecule has 3 aromatic heterocycles. The third-order valence-corrected chi connectivity index (χ3v) is 9.89. The molecule has 0 saturated heterocycles. The van der Waals surface area contributed by atoms with Crippen molar-refractivity contribution in [2.45, 2.75) is 0 Å². The summed E-state index contributed by atoms with van der Waals surface area (Å²) in [5.41, 5.74) is 11.8. The number of nitrogens with zero attached hydrogens (tertiary/aromatic N) is 3. The number of hydrogen-bond acceptors (Lipinski definition) is 4. The summed E-state index contributed by atoms with van der Waals surface area (Å²) in [4.78, 5) is 15.1. The quantitative estimate of drug-likeness (QED) is 0.193. The highest BCUT2D eigenvalue weighted by atomic mass is 32.1. The van der Waals surface area contributed by atoms with Crippen LogP contribution in [0.15, 0.2) is 164 Å². The molecule has 0 fully saturated rings. The fraction of sp³-hybridized carbons (Fsp3) is 0.